The Kier molecular flexibility index (Phi) is 6.76. The number of carbonyl (C=O) groups is 1. The number of nitrogens with one attached hydrogen (secondary N) is 2. The van der Waals surface area contributed by atoms with E-state index in [0.717, 1.165) is 25.1 Å². The van der Waals surface area contributed by atoms with Gasteiger partial charge in [-0.3, -0.25) is 9.69 Å². The molecule has 1 unspecified atom stereocenters. The van der Waals surface area contributed by atoms with Crippen molar-refractivity contribution in [2.24, 2.45) is 0 Å². The van der Waals surface area contributed by atoms with E-state index in [9.17, 15) is 4.79 Å². The van der Waals surface area contributed by atoms with Crippen molar-refractivity contribution in [3.05, 3.63) is 28.8 Å². The van der Waals surface area contributed by atoms with Crippen molar-refractivity contribution >= 4 is 35.6 Å². The maximum atomic E-state index is 12.0. The van der Waals surface area contributed by atoms with E-state index in [1.807, 2.05) is 32.2 Å². The molecular formula is C14H21Cl2N3O. The summed E-state index contributed by atoms with van der Waals surface area (Å²) in [6.45, 7) is 4.34. The van der Waals surface area contributed by atoms with Gasteiger partial charge in [-0.05, 0) is 44.6 Å². The van der Waals surface area contributed by atoms with Crippen LogP contribution in [-0.2, 0) is 4.79 Å². The van der Waals surface area contributed by atoms with Gasteiger partial charge >= 0.3 is 0 Å². The number of likely N-dealkylation sites (N-methyl/N-ethyl adjacent to an activating group) is 1. The van der Waals surface area contributed by atoms with Gasteiger partial charge in [-0.15, -0.1) is 12.4 Å². The van der Waals surface area contributed by atoms with Crippen molar-refractivity contribution in [1.29, 1.82) is 0 Å². The van der Waals surface area contributed by atoms with Crippen molar-refractivity contribution < 1.29 is 4.79 Å². The van der Waals surface area contributed by atoms with Crippen LogP contribution in [0.15, 0.2) is 18.2 Å². The number of nitrogens with zero attached hydrogens (tertiary/aromatic N) is 1. The molecule has 1 aliphatic rings. The third-order valence-corrected chi connectivity index (χ3v) is 3.76. The third kappa shape index (κ3) is 4.63. The molecule has 4 nitrogen and oxygen atoms in total. The van der Waals surface area contributed by atoms with Gasteiger partial charge in [0.25, 0.3) is 0 Å². The monoisotopic (exact) mass is 317 g/mol. The predicted octanol–water partition coefficient (Wildman–Crippen LogP) is 2.30. The predicted molar refractivity (Wildman–Crippen MR) is 86.0 cm³/mol. The zero-order valence-electron chi connectivity index (χ0n) is 11.8. The van der Waals surface area contributed by atoms with Crippen molar-refractivity contribution in [3.8, 4) is 0 Å². The molecule has 1 heterocycles. The molecule has 2 N–H and O–H groups in total. The summed E-state index contributed by atoms with van der Waals surface area (Å²) in [5.41, 5.74) is 1.76. The summed E-state index contributed by atoms with van der Waals surface area (Å²) in [5, 5.41) is 6.74. The molecule has 1 fully saturated rings. The fourth-order valence-corrected chi connectivity index (χ4v) is 2.56. The second kappa shape index (κ2) is 7.84. The summed E-state index contributed by atoms with van der Waals surface area (Å²) in [7, 11) is 1.98. The van der Waals surface area contributed by atoms with Gasteiger partial charge in [0.15, 0.2) is 0 Å². The topological polar surface area (TPSA) is 44.4 Å². The highest BCUT2D eigenvalue weighted by Gasteiger charge is 2.21. The standard InChI is InChI=1S/C14H20ClN3O.ClH/c1-10-3-4-13(12(15)7-10)17-14(19)9-18(2)11-5-6-16-8-11;/h3-4,7,11,16H,5-6,8-9H2,1-2H3,(H,17,19);1H. The first-order chi connectivity index (χ1) is 9.06. The number of aryl methyl sites for hydroxylation is 1. The highest BCUT2D eigenvalue weighted by molar-refractivity contribution is 6.33. The number of carbonyl (C=O) groups excluding carboxylic acids is 1. The number of halogens is 2. The zero-order valence-corrected chi connectivity index (χ0v) is 13.4. The molecule has 0 bridgehead atoms. The van der Waals surface area contributed by atoms with Crippen molar-refractivity contribution in [2.75, 3.05) is 32.0 Å². The van der Waals surface area contributed by atoms with Crippen LogP contribution in [0.25, 0.3) is 0 Å². The smallest absolute Gasteiger partial charge is 0.238 e. The van der Waals surface area contributed by atoms with Crippen LogP contribution in [0.3, 0.4) is 0 Å². The Morgan fingerprint density at radius 1 is 1.55 bits per heavy atom. The number of rotatable bonds is 4. The molecular weight excluding hydrogens is 297 g/mol. The maximum absolute atomic E-state index is 12.0. The van der Waals surface area contributed by atoms with Crippen LogP contribution in [0.4, 0.5) is 5.69 Å². The number of benzene rings is 1. The molecule has 1 saturated heterocycles. The lowest BCUT2D eigenvalue weighted by molar-refractivity contribution is -0.117. The molecule has 0 saturated carbocycles. The molecule has 1 aromatic carbocycles. The summed E-state index contributed by atoms with van der Waals surface area (Å²) >= 11 is 6.10. The molecule has 0 aliphatic carbocycles. The molecule has 1 aliphatic heterocycles. The number of anilines is 1. The third-order valence-electron chi connectivity index (χ3n) is 3.45. The van der Waals surface area contributed by atoms with E-state index in [0.29, 0.717) is 23.3 Å². The fourth-order valence-electron chi connectivity index (χ4n) is 2.28. The van der Waals surface area contributed by atoms with Crippen LogP contribution in [0, 0.1) is 6.92 Å². The highest BCUT2D eigenvalue weighted by Crippen LogP contribution is 2.22. The SMILES string of the molecule is Cc1ccc(NC(=O)CN(C)C2CCNC2)c(Cl)c1.Cl. The van der Waals surface area contributed by atoms with E-state index in [1.165, 1.54) is 0 Å². The number of amides is 1. The van der Waals surface area contributed by atoms with Crippen LogP contribution in [0.5, 0.6) is 0 Å². The van der Waals surface area contributed by atoms with Gasteiger partial charge in [-0.1, -0.05) is 17.7 Å². The Labute approximate surface area is 131 Å². The first kappa shape index (κ1) is 17.2. The van der Waals surface area contributed by atoms with Gasteiger partial charge in [0.05, 0.1) is 17.3 Å². The second-order valence-corrected chi connectivity index (χ2v) is 5.50. The van der Waals surface area contributed by atoms with Crippen LogP contribution >= 0.6 is 24.0 Å². The number of hydrogen-bond donors (Lipinski definition) is 2. The van der Waals surface area contributed by atoms with E-state index in [2.05, 4.69) is 15.5 Å². The summed E-state index contributed by atoms with van der Waals surface area (Å²) in [6.07, 6.45) is 1.09. The van der Waals surface area contributed by atoms with Gasteiger partial charge < -0.3 is 10.6 Å². The lowest BCUT2D eigenvalue weighted by Gasteiger charge is -2.22. The van der Waals surface area contributed by atoms with Crippen LogP contribution in [-0.4, -0.2) is 43.5 Å². The molecule has 20 heavy (non-hydrogen) atoms. The van der Waals surface area contributed by atoms with Gasteiger partial charge in [0, 0.05) is 12.6 Å². The molecule has 6 heteroatoms. The maximum Gasteiger partial charge on any atom is 0.238 e. The first-order valence-electron chi connectivity index (χ1n) is 6.53. The molecule has 0 aromatic heterocycles. The van der Waals surface area contributed by atoms with E-state index in [1.54, 1.807) is 0 Å². The average molecular weight is 318 g/mol. The molecule has 1 atom stereocenters. The second-order valence-electron chi connectivity index (χ2n) is 5.09. The zero-order chi connectivity index (χ0) is 13.8. The minimum atomic E-state index is -0.0276. The van der Waals surface area contributed by atoms with E-state index < -0.39 is 0 Å². The summed E-state index contributed by atoms with van der Waals surface area (Å²) < 4.78 is 0. The Balaban J connectivity index is 0.00000200. The molecule has 1 aromatic rings. The van der Waals surface area contributed by atoms with E-state index in [4.69, 9.17) is 11.6 Å². The lowest BCUT2D eigenvalue weighted by Crippen LogP contribution is -2.39. The van der Waals surface area contributed by atoms with Gasteiger partial charge in [-0.25, -0.2) is 0 Å². The van der Waals surface area contributed by atoms with Crippen LogP contribution in [0.2, 0.25) is 5.02 Å². The largest absolute Gasteiger partial charge is 0.324 e. The van der Waals surface area contributed by atoms with E-state index >= 15 is 0 Å². The molecule has 0 radical (unpaired) electrons. The Bertz CT molecular complexity index is 462. The van der Waals surface area contributed by atoms with Crippen molar-refractivity contribution in [2.45, 2.75) is 19.4 Å². The highest BCUT2D eigenvalue weighted by atomic mass is 35.5. The lowest BCUT2D eigenvalue weighted by atomic mass is 10.2. The van der Waals surface area contributed by atoms with Crippen LogP contribution < -0.4 is 10.6 Å². The van der Waals surface area contributed by atoms with Crippen molar-refractivity contribution in [1.82, 2.24) is 10.2 Å². The summed E-state index contributed by atoms with van der Waals surface area (Å²) in [5.74, 6) is -0.0276. The van der Waals surface area contributed by atoms with Gasteiger partial charge in [0.2, 0.25) is 5.91 Å². The Morgan fingerprint density at radius 2 is 2.30 bits per heavy atom. The Hall–Kier alpha value is -0.810. The van der Waals surface area contributed by atoms with Gasteiger partial charge in [-0.2, -0.15) is 0 Å². The molecule has 2 rings (SSSR count). The normalized spacial score (nSPS) is 17.9. The Morgan fingerprint density at radius 3 is 2.90 bits per heavy atom. The summed E-state index contributed by atoms with van der Waals surface area (Å²) in [6, 6.07) is 6.07. The fraction of sp³-hybridized carbons (Fsp3) is 0.500. The van der Waals surface area contributed by atoms with Gasteiger partial charge in [0.1, 0.15) is 0 Å². The summed E-state index contributed by atoms with van der Waals surface area (Å²) in [4.78, 5) is 14.1. The van der Waals surface area contributed by atoms with E-state index in [-0.39, 0.29) is 18.3 Å². The van der Waals surface area contributed by atoms with Crippen molar-refractivity contribution in [3.63, 3.8) is 0 Å². The first-order valence-corrected chi connectivity index (χ1v) is 6.91. The van der Waals surface area contributed by atoms with Crippen LogP contribution in [0.1, 0.15) is 12.0 Å². The minimum Gasteiger partial charge on any atom is -0.324 e. The molecule has 0 spiro atoms. The average Bonchev–Trinajstić information content (AvgIpc) is 2.86. The quantitative estimate of drug-likeness (QED) is 0.895. The number of hydrogen-bond acceptors (Lipinski definition) is 3. The minimum absolute atomic E-state index is 0. The molecule has 112 valence electrons. The molecule has 1 amide bonds.